The quantitative estimate of drug-likeness (QED) is 0.635. The predicted octanol–water partition coefficient (Wildman–Crippen LogP) is 0.275. The number of hydrogen-bond acceptors (Lipinski definition) is 5. The van der Waals surface area contributed by atoms with Crippen LogP contribution in [-0.2, 0) is 22.7 Å². The molecular formula is C19H24N4O3. The minimum absolute atomic E-state index is 0.133. The molecule has 3 amide bonds. The van der Waals surface area contributed by atoms with E-state index in [1.54, 1.807) is 4.90 Å². The SMILES string of the molecule is NC(CNCc1ccc2c(c1)C(=O)N(C1CCC(=O)NC1=O)C2)C1CC1. The Balaban J connectivity index is 1.40. The lowest BCUT2D eigenvalue weighted by Gasteiger charge is -2.29. The van der Waals surface area contributed by atoms with Crippen LogP contribution >= 0.6 is 0 Å². The standard InChI is InChI=1S/C19H24N4O3/c20-15(12-3-4-12)9-21-8-11-1-2-13-10-23(19(26)14(13)7-11)16-5-6-17(24)22-18(16)25/h1-2,7,12,15-16,21H,3-6,8-10,20H2,(H,22,24,25). The molecule has 26 heavy (non-hydrogen) atoms. The van der Waals surface area contributed by atoms with E-state index in [2.05, 4.69) is 10.6 Å². The molecular weight excluding hydrogens is 332 g/mol. The van der Waals surface area contributed by atoms with Crippen LogP contribution in [0.3, 0.4) is 0 Å². The van der Waals surface area contributed by atoms with Crippen molar-refractivity contribution in [2.24, 2.45) is 11.7 Å². The maximum absolute atomic E-state index is 12.8. The molecule has 2 unspecified atom stereocenters. The van der Waals surface area contributed by atoms with Crippen molar-refractivity contribution >= 4 is 17.7 Å². The van der Waals surface area contributed by atoms with Crippen molar-refractivity contribution < 1.29 is 14.4 Å². The molecule has 2 fully saturated rings. The molecule has 4 rings (SSSR count). The second-order valence-electron chi connectivity index (χ2n) is 7.52. The molecule has 1 aromatic rings. The molecule has 0 aromatic heterocycles. The summed E-state index contributed by atoms with van der Waals surface area (Å²) in [5.41, 5.74) is 8.71. The van der Waals surface area contributed by atoms with E-state index in [0.717, 1.165) is 17.7 Å². The van der Waals surface area contributed by atoms with E-state index in [1.807, 2.05) is 18.2 Å². The molecule has 1 aliphatic carbocycles. The molecule has 3 aliphatic rings. The van der Waals surface area contributed by atoms with Gasteiger partial charge in [0.25, 0.3) is 5.91 Å². The summed E-state index contributed by atoms with van der Waals surface area (Å²) in [6, 6.07) is 5.51. The van der Waals surface area contributed by atoms with E-state index >= 15 is 0 Å². The summed E-state index contributed by atoms with van der Waals surface area (Å²) >= 11 is 0. The number of hydrogen-bond donors (Lipinski definition) is 3. The van der Waals surface area contributed by atoms with Gasteiger partial charge >= 0.3 is 0 Å². The molecule has 1 saturated heterocycles. The Kier molecular flexibility index (Phi) is 4.50. The number of carbonyl (C=O) groups excluding carboxylic acids is 3. The summed E-state index contributed by atoms with van der Waals surface area (Å²) < 4.78 is 0. The van der Waals surface area contributed by atoms with Crippen LogP contribution in [0.2, 0.25) is 0 Å². The number of nitrogens with zero attached hydrogens (tertiary/aromatic N) is 1. The maximum Gasteiger partial charge on any atom is 0.255 e. The van der Waals surface area contributed by atoms with Gasteiger partial charge in [0.15, 0.2) is 0 Å². The molecule has 138 valence electrons. The first kappa shape index (κ1) is 17.2. The third-order valence-corrected chi connectivity index (χ3v) is 5.53. The Labute approximate surface area is 152 Å². The number of nitrogens with two attached hydrogens (primary N) is 1. The molecule has 2 atom stereocenters. The highest BCUT2D eigenvalue weighted by Gasteiger charge is 2.39. The summed E-state index contributed by atoms with van der Waals surface area (Å²) in [4.78, 5) is 37.7. The number of carbonyl (C=O) groups is 3. The Bertz CT molecular complexity index is 759. The van der Waals surface area contributed by atoms with Gasteiger partial charge in [0.1, 0.15) is 6.04 Å². The molecule has 2 heterocycles. The number of fused-ring (bicyclic) bond motifs is 1. The van der Waals surface area contributed by atoms with E-state index < -0.39 is 6.04 Å². The van der Waals surface area contributed by atoms with Gasteiger partial charge in [-0.25, -0.2) is 0 Å². The largest absolute Gasteiger partial charge is 0.326 e. The van der Waals surface area contributed by atoms with Gasteiger partial charge in [0.2, 0.25) is 11.8 Å². The number of nitrogens with one attached hydrogen (secondary N) is 2. The van der Waals surface area contributed by atoms with Crippen LogP contribution in [0.25, 0.3) is 0 Å². The van der Waals surface area contributed by atoms with Crippen molar-refractivity contribution in [1.82, 2.24) is 15.5 Å². The average molecular weight is 356 g/mol. The second kappa shape index (κ2) is 6.81. The third kappa shape index (κ3) is 3.37. The monoisotopic (exact) mass is 356 g/mol. The fraction of sp³-hybridized carbons (Fsp3) is 0.526. The van der Waals surface area contributed by atoms with Gasteiger partial charge in [-0.2, -0.15) is 0 Å². The lowest BCUT2D eigenvalue weighted by molar-refractivity contribution is -0.136. The topological polar surface area (TPSA) is 105 Å². The maximum atomic E-state index is 12.8. The fourth-order valence-corrected chi connectivity index (χ4v) is 3.79. The molecule has 7 nitrogen and oxygen atoms in total. The molecule has 1 saturated carbocycles. The number of rotatable bonds is 6. The Morgan fingerprint density at radius 3 is 2.77 bits per heavy atom. The summed E-state index contributed by atoms with van der Waals surface area (Å²) in [6.45, 7) is 1.86. The van der Waals surface area contributed by atoms with Gasteiger partial charge in [0, 0.05) is 37.7 Å². The summed E-state index contributed by atoms with van der Waals surface area (Å²) in [6.07, 6.45) is 3.11. The Hall–Kier alpha value is -2.25. The van der Waals surface area contributed by atoms with Gasteiger partial charge < -0.3 is 16.0 Å². The Morgan fingerprint density at radius 2 is 2.04 bits per heavy atom. The summed E-state index contributed by atoms with van der Waals surface area (Å²) in [7, 11) is 0. The minimum atomic E-state index is -0.564. The van der Waals surface area contributed by atoms with Crippen LogP contribution in [-0.4, -0.2) is 41.2 Å². The van der Waals surface area contributed by atoms with Crippen LogP contribution in [0.5, 0.6) is 0 Å². The molecule has 0 bridgehead atoms. The lowest BCUT2D eigenvalue weighted by Crippen LogP contribution is -2.52. The first-order valence-corrected chi connectivity index (χ1v) is 9.25. The van der Waals surface area contributed by atoms with Crippen molar-refractivity contribution in [3.8, 4) is 0 Å². The zero-order valence-corrected chi connectivity index (χ0v) is 14.7. The predicted molar refractivity (Wildman–Crippen MR) is 94.9 cm³/mol. The smallest absolute Gasteiger partial charge is 0.255 e. The molecule has 0 radical (unpaired) electrons. The third-order valence-electron chi connectivity index (χ3n) is 5.53. The first-order valence-electron chi connectivity index (χ1n) is 9.25. The first-order chi connectivity index (χ1) is 12.5. The molecule has 1 aromatic carbocycles. The van der Waals surface area contributed by atoms with Gasteiger partial charge in [-0.1, -0.05) is 12.1 Å². The normalized spacial score (nSPS) is 23.8. The van der Waals surface area contributed by atoms with Crippen LogP contribution in [0.1, 0.15) is 47.2 Å². The van der Waals surface area contributed by atoms with Gasteiger partial charge in [-0.15, -0.1) is 0 Å². The van der Waals surface area contributed by atoms with E-state index in [1.165, 1.54) is 12.8 Å². The highest BCUT2D eigenvalue weighted by Crippen LogP contribution is 2.31. The fourth-order valence-electron chi connectivity index (χ4n) is 3.79. The highest BCUT2D eigenvalue weighted by atomic mass is 16.2. The zero-order chi connectivity index (χ0) is 18.3. The molecule has 2 aliphatic heterocycles. The molecule has 4 N–H and O–H groups in total. The second-order valence-corrected chi connectivity index (χ2v) is 7.52. The minimum Gasteiger partial charge on any atom is -0.326 e. The zero-order valence-electron chi connectivity index (χ0n) is 14.7. The molecule has 0 spiro atoms. The van der Waals surface area contributed by atoms with Crippen LogP contribution in [0.4, 0.5) is 0 Å². The Morgan fingerprint density at radius 1 is 1.23 bits per heavy atom. The average Bonchev–Trinajstić information content (AvgIpc) is 3.41. The van der Waals surface area contributed by atoms with Gasteiger partial charge in [-0.05, 0) is 42.4 Å². The van der Waals surface area contributed by atoms with Crippen molar-refractivity contribution in [1.29, 1.82) is 0 Å². The van der Waals surface area contributed by atoms with Crippen molar-refractivity contribution in [2.75, 3.05) is 6.54 Å². The number of benzene rings is 1. The summed E-state index contributed by atoms with van der Waals surface area (Å²) in [5, 5.41) is 5.69. The number of imide groups is 1. The van der Waals surface area contributed by atoms with E-state index in [4.69, 9.17) is 5.73 Å². The van der Waals surface area contributed by atoms with Crippen LogP contribution < -0.4 is 16.4 Å². The summed E-state index contributed by atoms with van der Waals surface area (Å²) in [5.74, 6) is -0.122. The van der Waals surface area contributed by atoms with Gasteiger partial charge in [-0.3, -0.25) is 19.7 Å². The van der Waals surface area contributed by atoms with E-state index in [-0.39, 0.29) is 30.2 Å². The lowest BCUT2D eigenvalue weighted by atomic mass is 10.0. The highest BCUT2D eigenvalue weighted by molar-refractivity contribution is 6.05. The van der Waals surface area contributed by atoms with Crippen molar-refractivity contribution in [3.63, 3.8) is 0 Å². The van der Waals surface area contributed by atoms with Crippen LogP contribution in [0, 0.1) is 5.92 Å². The van der Waals surface area contributed by atoms with E-state index in [9.17, 15) is 14.4 Å². The van der Waals surface area contributed by atoms with Crippen molar-refractivity contribution in [3.05, 3.63) is 34.9 Å². The van der Waals surface area contributed by atoms with E-state index in [0.29, 0.717) is 31.0 Å². The molecule has 7 heteroatoms. The van der Waals surface area contributed by atoms with Crippen LogP contribution in [0.15, 0.2) is 18.2 Å². The van der Waals surface area contributed by atoms with Crippen molar-refractivity contribution in [2.45, 2.75) is 50.9 Å². The number of piperidine rings is 1. The van der Waals surface area contributed by atoms with Gasteiger partial charge in [0.05, 0.1) is 0 Å². The number of amides is 3.